The van der Waals surface area contributed by atoms with Crippen LogP contribution in [0.2, 0.25) is 0 Å². The first-order valence-corrected chi connectivity index (χ1v) is 7.15. The minimum absolute atomic E-state index is 0.0675. The molecule has 7 nitrogen and oxygen atoms in total. The zero-order valence-electron chi connectivity index (χ0n) is 12.7. The van der Waals surface area contributed by atoms with Crippen molar-refractivity contribution in [3.8, 4) is 5.75 Å². The molecular weight excluding hydrogens is 298 g/mol. The molecule has 1 aromatic carbocycles. The lowest BCUT2D eigenvalue weighted by Crippen LogP contribution is -2.24. The minimum atomic E-state index is -1.19. The van der Waals surface area contributed by atoms with Crippen LogP contribution in [0.3, 0.4) is 0 Å². The number of rotatable bonds is 7. The van der Waals surface area contributed by atoms with Crippen molar-refractivity contribution in [1.29, 1.82) is 0 Å². The third-order valence-corrected chi connectivity index (χ3v) is 2.95. The first-order chi connectivity index (χ1) is 11.1. The van der Waals surface area contributed by atoms with Gasteiger partial charge in [0.2, 0.25) is 0 Å². The number of carbonyl (C=O) groups is 2. The Balaban J connectivity index is 1.89. The van der Waals surface area contributed by atoms with E-state index in [0.29, 0.717) is 13.2 Å². The molecule has 0 fully saturated rings. The number of hydrogen-bond donors (Lipinski definition) is 2. The van der Waals surface area contributed by atoms with E-state index in [0.717, 1.165) is 30.1 Å². The van der Waals surface area contributed by atoms with E-state index >= 15 is 0 Å². The zero-order chi connectivity index (χ0) is 16.7. The predicted octanol–water partition coefficient (Wildman–Crippen LogP) is 1.89. The number of aromatic nitrogens is 2. The Morgan fingerprint density at radius 3 is 2.35 bits per heavy atom. The molecule has 1 amide bonds. The van der Waals surface area contributed by atoms with Gasteiger partial charge in [-0.1, -0.05) is 19.1 Å². The Morgan fingerprint density at radius 1 is 1.13 bits per heavy atom. The molecule has 0 bridgehead atoms. The fourth-order valence-corrected chi connectivity index (χ4v) is 1.75. The van der Waals surface area contributed by atoms with Gasteiger partial charge < -0.3 is 15.2 Å². The third kappa shape index (κ3) is 4.77. The summed E-state index contributed by atoms with van der Waals surface area (Å²) in [5.74, 6) is -0.812. The number of carbonyl (C=O) groups excluding carboxylic acids is 1. The van der Waals surface area contributed by atoms with E-state index in [2.05, 4.69) is 15.3 Å². The molecule has 0 unspecified atom stereocenters. The average Bonchev–Trinajstić information content (AvgIpc) is 2.58. The van der Waals surface area contributed by atoms with Crippen molar-refractivity contribution >= 4 is 11.9 Å². The quantitative estimate of drug-likeness (QED) is 0.809. The van der Waals surface area contributed by atoms with E-state index in [4.69, 9.17) is 9.84 Å². The lowest BCUT2D eigenvalue weighted by atomic mass is 10.2. The van der Waals surface area contributed by atoms with E-state index in [1.807, 2.05) is 31.2 Å². The summed E-state index contributed by atoms with van der Waals surface area (Å²) >= 11 is 0. The Kier molecular flexibility index (Phi) is 5.62. The summed E-state index contributed by atoms with van der Waals surface area (Å²) in [7, 11) is 0. The average molecular weight is 315 g/mol. The lowest BCUT2D eigenvalue weighted by molar-refractivity contribution is 0.0689. The van der Waals surface area contributed by atoms with E-state index < -0.39 is 11.9 Å². The molecule has 1 heterocycles. The Hall–Kier alpha value is -2.96. The van der Waals surface area contributed by atoms with E-state index in [1.54, 1.807) is 0 Å². The minimum Gasteiger partial charge on any atom is -0.494 e. The smallest absolute Gasteiger partial charge is 0.356 e. The summed E-state index contributed by atoms with van der Waals surface area (Å²) in [6.45, 7) is 3.03. The maximum atomic E-state index is 11.9. The molecule has 7 heteroatoms. The van der Waals surface area contributed by atoms with Crippen LogP contribution < -0.4 is 10.1 Å². The first kappa shape index (κ1) is 16.4. The number of nitrogens with zero attached hydrogens (tertiary/aromatic N) is 2. The molecule has 2 N–H and O–H groups in total. The Morgan fingerprint density at radius 2 is 1.78 bits per heavy atom. The molecule has 2 rings (SSSR count). The highest BCUT2D eigenvalue weighted by molar-refractivity contribution is 5.92. The standard InChI is InChI=1S/C16H17N3O4/c1-2-7-23-12-5-3-11(4-6-12)8-19-15(20)13-9-18-14(10-17-13)16(21)22/h3-6,9-10H,2,7-8H2,1H3,(H,19,20)(H,21,22). The second-order valence-electron chi connectivity index (χ2n) is 4.77. The van der Waals surface area contributed by atoms with Gasteiger partial charge in [0.15, 0.2) is 5.69 Å². The van der Waals surface area contributed by atoms with Crippen LogP contribution in [0.1, 0.15) is 39.9 Å². The van der Waals surface area contributed by atoms with Gasteiger partial charge in [-0.15, -0.1) is 0 Å². The second kappa shape index (κ2) is 7.88. The molecule has 120 valence electrons. The lowest BCUT2D eigenvalue weighted by Gasteiger charge is -2.07. The maximum absolute atomic E-state index is 11.9. The van der Waals surface area contributed by atoms with Crippen LogP contribution in [0, 0.1) is 0 Å². The van der Waals surface area contributed by atoms with Gasteiger partial charge in [0, 0.05) is 6.54 Å². The maximum Gasteiger partial charge on any atom is 0.356 e. The number of nitrogens with one attached hydrogen (secondary N) is 1. The molecule has 0 saturated heterocycles. The number of hydrogen-bond acceptors (Lipinski definition) is 5. The summed E-state index contributed by atoms with van der Waals surface area (Å²) in [6.07, 6.45) is 3.14. The van der Waals surface area contributed by atoms with Crippen LogP contribution in [-0.2, 0) is 6.54 Å². The van der Waals surface area contributed by atoms with E-state index in [1.165, 1.54) is 0 Å². The number of carboxylic acid groups (broad SMARTS) is 1. The highest BCUT2D eigenvalue weighted by Crippen LogP contribution is 2.12. The summed E-state index contributed by atoms with van der Waals surface area (Å²) in [5.41, 5.74) is 0.777. The van der Waals surface area contributed by atoms with Crippen LogP contribution in [0.4, 0.5) is 0 Å². The summed E-state index contributed by atoms with van der Waals surface area (Å²) in [4.78, 5) is 30.0. The number of ether oxygens (including phenoxy) is 1. The van der Waals surface area contributed by atoms with Crippen molar-refractivity contribution in [3.63, 3.8) is 0 Å². The summed E-state index contributed by atoms with van der Waals surface area (Å²) < 4.78 is 5.48. The number of amides is 1. The van der Waals surface area contributed by atoms with Gasteiger partial charge in [-0.25, -0.2) is 14.8 Å². The first-order valence-electron chi connectivity index (χ1n) is 7.15. The van der Waals surface area contributed by atoms with Gasteiger partial charge in [0.1, 0.15) is 11.4 Å². The molecule has 23 heavy (non-hydrogen) atoms. The van der Waals surface area contributed by atoms with E-state index in [9.17, 15) is 9.59 Å². The van der Waals surface area contributed by atoms with Crippen LogP contribution in [-0.4, -0.2) is 33.6 Å². The van der Waals surface area contributed by atoms with Crippen LogP contribution in [0.15, 0.2) is 36.7 Å². The molecule has 0 aliphatic heterocycles. The SMILES string of the molecule is CCCOc1ccc(CNC(=O)c2cnc(C(=O)O)cn2)cc1. The normalized spacial score (nSPS) is 10.1. The van der Waals surface area contributed by atoms with Gasteiger partial charge in [-0.05, 0) is 24.1 Å². The van der Waals surface area contributed by atoms with Gasteiger partial charge in [-0.2, -0.15) is 0 Å². The molecule has 2 aromatic rings. The highest BCUT2D eigenvalue weighted by Gasteiger charge is 2.10. The molecule has 0 radical (unpaired) electrons. The molecule has 0 aliphatic rings. The van der Waals surface area contributed by atoms with Crippen molar-refractivity contribution in [2.75, 3.05) is 6.61 Å². The van der Waals surface area contributed by atoms with Crippen molar-refractivity contribution in [3.05, 3.63) is 53.6 Å². The Bertz CT molecular complexity index is 669. The highest BCUT2D eigenvalue weighted by atomic mass is 16.5. The van der Waals surface area contributed by atoms with Gasteiger partial charge in [0.05, 0.1) is 19.0 Å². The summed E-state index contributed by atoms with van der Waals surface area (Å²) in [6, 6.07) is 7.42. The van der Waals surface area contributed by atoms with Crippen molar-refractivity contribution in [2.24, 2.45) is 0 Å². The van der Waals surface area contributed by atoms with Crippen LogP contribution >= 0.6 is 0 Å². The molecular formula is C16H17N3O4. The largest absolute Gasteiger partial charge is 0.494 e. The van der Waals surface area contributed by atoms with E-state index in [-0.39, 0.29) is 11.4 Å². The van der Waals surface area contributed by atoms with Gasteiger partial charge in [0.25, 0.3) is 5.91 Å². The van der Waals surface area contributed by atoms with Gasteiger partial charge in [-0.3, -0.25) is 4.79 Å². The zero-order valence-corrected chi connectivity index (χ0v) is 12.7. The van der Waals surface area contributed by atoms with Crippen molar-refractivity contribution in [2.45, 2.75) is 19.9 Å². The van der Waals surface area contributed by atoms with Crippen molar-refractivity contribution in [1.82, 2.24) is 15.3 Å². The number of benzene rings is 1. The van der Waals surface area contributed by atoms with Crippen LogP contribution in [0.25, 0.3) is 0 Å². The second-order valence-corrected chi connectivity index (χ2v) is 4.77. The molecule has 0 aliphatic carbocycles. The monoisotopic (exact) mass is 315 g/mol. The number of aromatic carboxylic acids is 1. The topological polar surface area (TPSA) is 101 Å². The third-order valence-electron chi connectivity index (χ3n) is 2.95. The fraction of sp³-hybridized carbons (Fsp3) is 0.250. The molecule has 0 saturated carbocycles. The Labute approximate surface area is 133 Å². The molecule has 0 spiro atoms. The predicted molar refractivity (Wildman–Crippen MR) is 82.4 cm³/mol. The summed E-state index contributed by atoms with van der Waals surface area (Å²) in [5, 5.41) is 11.4. The van der Waals surface area contributed by atoms with Crippen LogP contribution in [0.5, 0.6) is 5.75 Å². The van der Waals surface area contributed by atoms with Crippen molar-refractivity contribution < 1.29 is 19.4 Å². The molecule has 1 aromatic heterocycles. The van der Waals surface area contributed by atoms with Gasteiger partial charge >= 0.3 is 5.97 Å². The number of carboxylic acids is 1. The molecule has 0 atom stereocenters. The fourth-order valence-electron chi connectivity index (χ4n) is 1.75.